The van der Waals surface area contributed by atoms with E-state index in [1.807, 2.05) is 31.2 Å². The van der Waals surface area contributed by atoms with Crippen LogP contribution in [0.25, 0.3) is 10.9 Å². The first kappa shape index (κ1) is 19.9. The molecule has 1 fully saturated rings. The minimum absolute atomic E-state index is 0.0795. The van der Waals surface area contributed by atoms with Crippen LogP contribution < -0.4 is 0 Å². The van der Waals surface area contributed by atoms with Gasteiger partial charge in [0, 0.05) is 42.5 Å². The fourth-order valence-corrected chi connectivity index (χ4v) is 3.68. The highest BCUT2D eigenvalue weighted by atomic mass is 16.5. The van der Waals surface area contributed by atoms with E-state index in [0.717, 1.165) is 28.6 Å². The molecule has 28 heavy (non-hydrogen) atoms. The second-order valence-electron chi connectivity index (χ2n) is 7.00. The minimum atomic E-state index is -0.292. The van der Waals surface area contributed by atoms with Gasteiger partial charge in [-0.2, -0.15) is 0 Å². The van der Waals surface area contributed by atoms with Gasteiger partial charge in [-0.05, 0) is 38.3 Å². The van der Waals surface area contributed by atoms with E-state index in [1.165, 1.54) is 5.01 Å². The van der Waals surface area contributed by atoms with Crippen LogP contribution in [0.1, 0.15) is 43.9 Å². The van der Waals surface area contributed by atoms with Gasteiger partial charge in [0.2, 0.25) is 11.8 Å². The highest BCUT2D eigenvalue weighted by Crippen LogP contribution is 2.24. The Morgan fingerprint density at radius 3 is 2.54 bits per heavy atom. The topological polar surface area (TPSA) is 82.7 Å². The summed E-state index contributed by atoms with van der Waals surface area (Å²) in [4.78, 5) is 40.2. The van der Waals surface area contributed by atoms with Crippen LogP contribution >= 0.6 is 0 Å². The maximum Gasteiger partial charge on any atom is 0.305 e. The number of aromatic nitrogens is 1. The highest BCUT2D eigenvalue weighted by molar-refractivity contribution is 5.91. The number of hydrogen-bond donors (Lipinski definition) is 1. The van der Waals surface area contributed by atoms with E-state index in [2.05, 4.69) is 4.98 Å². The zero-order chi connectivity index (χ0) is 20.1. The van der Waals surface area contributed by atoms with Crippen LogP contribution in [0.4, 0.5) is 0 Å². The third-order valence-electron chi connectivity index (χ3n) is 5.04. The first-order chi connectivity index (χ1) is 13.5. The molecule has 0 radical (unpaired) electrons. The molecule has 0 atom stereocenters. The Balaban J connectivity index is 1.62. The lowest BCUT2D eigenvalue weighted by Crippen LogP contribution is -2.45. The molecule has 0 saturated carbocycles. The van der Waals surface area contributed by atoms with Crippen LogP contribution in [0.5, 0.6) is 0 Å². The third-order valence-corrected chi connectivity index (χ3v) is 5.04. The molecule has 1 aromatic heterocycles. The van der Waals surface area contributed by atoms with Crippen molar-refractivity contribution in [1.29, 1.82) is 0 Å². The standard InChI is InChI=1S/C21H27N3O4/c1-3-28-21(27)11-6-10-19(25)23-12-7-13-24(23)20(26)14-17-15(2)22-18-9-5-4-8-16(17)18/h4-5,8-9,22H,3,6-7,10-14H2,1-2H3. The summed E-state index contributed by atoms with van der Waals surface area (Å²) in [7, 11) is 0. The van der Waals surface area contributed by atoms with E-state index in [0.29, 0.717) is 26.1 Å². The zero-order valence-corrected chi connectivity index (χ0v) is 16.5. The quantitative estimate of drug-likeness (QED) is 0.743. The van der Waals surface area contributed by atoms with Crippen LogP contribution in [0.2, 0.25) is 0 Å². The Kier molecular flexibility index (Phi) is 6.34. The Hall–Kier alpha value is -2.83. The zero-order valence-electron chi connectivity index (χ0n) is 16.5. The average Bonchev–Trinajstić information content (AvgIpc) is 3.27. The number of para-hydroxylation sites is 1. The number of esters is 1. The van der Waals surface area contributed by atoms with Crippen molar-refractivity contribution >= 4 is 28.7 Å². The predicted octanol–water partition coefficient (Wildman–Crippen LogP) is 2.73. The van der Waals surface area contributed by atoms with Gasteiger partial charge in [0.05, 0.1) is 13.0 Å². The van der Waals surface area contributed by atoms with Gasteiger partial charge in [0.1, 0.15) is 0 Å². The largest absolute Gasteiger partial charge is 0.466 e. The maximum absolute atomic E-state index is 12.9. The second kappa shape index (κ2) is 8.91. The Labute approximate surface area is 164 Å². The number of benzene rings is 1. The van der Waals surface area contributed by atoms with Gasteiger partial charge >= 0.3 is 5.97 Å². The fourth-order valence-electron chi connectivity index (χ4n) is 3.68. The third kappa shape index (κ3) is 4.35. The summed E-state index contributed by atoms with van der Waals surface area (Å²) in [6.07, 6.45) is 1.90. The Bertz CT molecular complexity index is 874. The number of carbonyl (C=O) groups is 3. The van der Waals surface area contributed by atoms with E-state index < -0.39 is 0 Å². The van der Waals surface area contributed by atoms with Gasteiger partial charge in [0.25, 0.3) is 0 Å². The molecule has 1 N–H and O–H groups in total. The molecule has 1 aliphatic rings. The van der Waals surface area contributed by atoms with E-state index in [4.69, 9.17) is 4.74 Å². The molecule has 1 saturated heterocycles. The van der Waals surface area contributed by atoms with Crippen molar-refractivity contribution in [1.82, 2.24) is 15.0 Å². The molecule has 0 bridgehead atoms. The molecule has 1 aromatic carbocycles. The number of hydrazine groups is 1. The molecule has 0 spiro atoms. The number of fused-ring (bicyclic) bond motifs is 1. The summed E-state index contributed by atoms with van der Waals surface area (Å²) in [5, 5.41) is 4.14. The Morgan fingerprint density at radius 2 is 1.79 bits per heavy atom. The van der Waals surface area contributed by atoms with Crippen molar-refractivity contribution in [2.24, 2.45) is 0 Å². The van der Waals surface area contributed by atoms with Crippen LogP contribution in [-0.4, -0.2) is 52.5 Å². The predicted molar refractivity (Wildman–Crippen MR) is 105 cm³/mol. The Morgan fingerprint density at radius 1 is 1.07 bits per heavy atom. The van der Waals surface area contributed by atoms with E-state index in [-0.39, 0.29) is 37.0 Å². The van der Waals surface area contributed by atoms with Gasteiger partial charge < -0.3 is 9.72 Å². The number of rotatable bonds is 7. The van der Waals surface area contributed by atoms with Crippen molar-refractivity contribution < 1.29 is 19.1 Å². The average molecular weight is 385 g/mol. The summed E-state index contributed by atoms with van der Waals surface area (Å²) < 4.78 is 4.88. The van der Waals surface area contributed by atoms with Gasteiger partial charge in [-0.25, -0.2) is 0 Å². The fraction of sp³-hybridized carbons (Fsp3) is 0.476. The lowest BCUT2D eigenvalue weighted by molar-refractivity contribution is -0.157. The first-order valence-corrected chi connectivity index (χ1v) is 9.83. The molecular weight excluding hydrogens is 358 g/mol. The number of H-pyrrole nitrogens is 1. The minimum Gasteiger partial charge on any atom is -0.466 e. The number of hydrogen-bond acceptors (Lipinski definition) is 4. The smallest absolute Gasteiger partial charge is 0.305 e. The molecule has 2 amide bonds. The molecular formula is C21H27N3O4. The summed E-state index contributed by atoms with van der Waals surface area (Å²) in [5.74, 6) is -0.491. The van der Waals surface area contributed by atoms with Gasteiger partial charge in [-0.1, -0.05) is 18.2 Å². The van der Waals surface area contributed by atoms with Crippen molar-refractivity contribution in [2.75, 3.05) is 19.7 Å². The number of nitrogens with one attached hydrogen (secondary N) is 1. The van der Waals surface area contributed by atoms with E-state index >= 15 is 0 Å². The summed E-state index contributed by atoms with van der Waals surface area (Å²) in [6, 6.07) is 7.91. The first-order valence-electron chi connectivity index (χ1n) is 9.83. The molecule has 0 unspecified atom stereocenters. The molecule has 1 aliphatic heterocycles. The number of nitrogens with zero attached hydrogens (tertiary/aromatic N) is 2. The van der Waals surface area contributed by atoms with Gasteiger partial charge in [-0.15, -0.1) is 0 Å². The van der Waals surface area contributed by atoms with Crippen LogP contribution in [0, 0.1) is 6.92 Å². The molecule has 7 heteroatoms. The van der Waals surface area contributed by atoms with Crippen molar-refractivity contribution in [2.45, 2.75) is 46.0 Å². The summed E-state index contributed by atoms with van der Waals surface area (Å²) in [5.41, 5.74) is 2.96. The molecule has 2 aromatic rings. The number of ether oxygens (including phenoxy) is 1. The van der Waals surface area contributed by atoms with Gasteiger partial charge in [0.15, 0.2) is 0 Å². The number of amides is 2. The van der Waals surface area contributed by atoms with Crippen LogP contribution in [0.15, 0.2) is 24.3 Å². The van der Waals surface area contributed by atoms with E-state index in [1.54, 1.807) is 11.9 Å². The summed E-state index contributed by atoms with van der Waals surface area (Å²) in [6.45, 7) is 5.15. The molecule has 2 heterocycles. The van der Waals surface area contributed by atoms with E-state index in [9.17, 15) is 14.4 Å². The molecule has 150 valence electrons. The highest BCUT2D eigenvalue weighted by Gasteiger charge is 2.30. The second-order valence-corrected chi connectivity index (χ2v) is 7.00. The molecule has 0 aliphatic carbocycles. The normalized spacial score (nSPS) is 13.9. The van der Waals surface area contributed by atoms with Crippen molar-refractivity contribution in [3.8, 4) is 0 Å². The van der Waals surface area contributed by atoms with Crippen molar-refractivity contribution in [3.63, 3.8) is 0 Å². The molecule has 7 nitrogen and oxygen atoms in total. The monoisotopic (exact) mass is 385 g/mol. The lowest BCUT2D eigenvalue weighted by Gasteiger charge is -2.28. The van der Waals surface area contributed by atoms with Crippen LogP contribution in [-0.2, 0) is 25.5 Å². The number of aromatic amines is 1. The SMILES string of the molecule is CCOC(=O)CCCC(=O)N1CCCN1C(=O)Cc1c(C)[nH]c2ccccc12. The van der Waals surface area contributed by atoms with Gasteiger partial charge in [-0.3, -0.25) is 24.4 Å². The van der Waals surface area contributed by atoms with Crippen LogP contribution in [0.3, 0.4) is 0 Å². The molecule has 3 rings (SSSR count). The number of aryl methyl sites for hydroxylation is 1. The number of carbonyl (C=O) groups excluding carboxylic acids is 3. The maximum atomic E-state index is 12.9. The van der Waals surface area contributed by atoms with Crippen molar-refractivity contribution in [3.05, 3.63) is 35.5 Å². The summed E-state index contributed by atoms with van der Waals surface area (Å²) >= 11 is 0. The lowest BCUT2D eigenvalue weighted by atomic mass is 10.1.